The second-order valence-electron chi connectivity index (χ2n) is 1.89. The molecule has 0 bridgehead atoms. The van der Waals surface area contributed by atoms with Gasteiger partial charge in [-0.15, -0.1) is 0 Å². The average Bonchev–Trinajstić information content (AvgIpc) is 2.03. The van der Waals surface area contributed by atoms with Gasteiger partial charge in [-0.25, -0.2) is 9.97 Å². The lowest BCUT2D eigenvalue weighted by Gasteiger charge is -2.00. The zero-order valence-corrected chi connectivity index (χ0v) is 8.82. The van der Waals surface area contributed by atoms with Crippen LogP contribution in [-0.2, 0) is 0 Å². The van der Waals surface area contributed by atoms with Crippen LogP contribution < -0.4 is 0 Å². The molecule has 6 heteroatoms. The fourth-order valence-electron chi connectivity index (χ4n) is 0.641. The molecular weight excluding hydrogens is 267 g/mol. The molecule has 1 aromatic rings. The lowest BCUT2D eigenvalue weighted by Crippen LogP contribution is -2.04. The molecule has 1 heterocycles. The number of carbonyl (C=O) groups is 1. The minimum atomic E-state index is -0.231. The lowest BCUT2D eigenvalue weighted by atomic mass is 10.2. The number of Topliss-reactive ketones (excluding diaryl/α,β-unsaturated/α-hetero) is 1. The number of rotatable bonds is 2. The molecular formula is C6H3BrCl2N2O. The highest BCUT2D eigenvalue weighted by Crippen LogP contribution is 2.20. The highest BCUT2D eigenvalue weighted by molar-refractivity contribution is 9.09. The molecule has 0 unspecified atom stereocenters. The van der Waals surface area contributed by atoms with Crippen molar-refractivity contribution in [3.8, 4) is 0 Å². The van der Waals surface area contributed by atoms with Gasteiger partial charge in [-0.1, -0.05) is 39.1 Å². The molecule has 0 aliphatic carbocycles. The van der Waals surface area contributed by atoms with Gasteiger partial charge < -0.3 is 0 Å². The maximum atomic E-state index is 11.2. The molecule has 3 nitrogen and oxygen atoms in total. The molecule has 0 atom stereocenters. The molecule has 0 N–H and O–H groups in total. The van der Waals surface area contributed by atoms with Crippen LogP contribution in [0.5, 0.6) is 0 Å². The van der Waals surface area contributed by atoms with E-state index in [1.165, 1.54) is 6.33 Å². The molecule has 0 fully saturated rings. The van der Waals surface area contributed by atoms with Gasteiger partial charge in [0.05, 0.1) is 10.9 Å². The largest absolute Gasteiger partial charge is 0.293 e. The van der Waals surface area contributed by atoms with Crippen LogP contribution in [0.3, 0.4) is 0 Å². The van der Waals surface area contributed by atoms with E-state index in [0.29, 0.717) is 0 Å². The first-order valence-corrected chi connectivity index (χ1v) is 4.79. The van der Waals surface area contributed by atoms with Gasteiger partial charge in [0, 0.05) is 0 Å². The van der Waals surface area contributed by atoms with E-state index in [0.717, 1.165) is 0 Å². The summed E-state index contributed by atoms with van der Waals surface area (Å²) in [6.45, 7) is 0. The van der Waals surface area contributed by atoms with Crippen LogP contribution in [-0.4, -0.2) is 21.1 Å². The normalized spacial score (nSPS) is 9.92. The zero-order valence-electron chi connectivity index (χ0n) is 5.72. The number of nitrogens with zero attached hydrogens (tertiary/aromatic N) is 2. The molecule has 12 heavy (non-hydrogen) atoms. The Labute approximate surface area is 87.2 Å². The maximum absolute atomic E-state index is 11.2. The van der Waals surface area contributed by atoms with Crippen molar-refractivity contribution >= 4 is 44.9 Å². The van der Waals surface area contributed by atoms with Crippen molar-refractivity contribution in [2.24, 2.45) is 0 Å². The first-order valence-electron chi connectivity index (χ1n) is 2.92. The van der Waals surface area contributed by atoms with Gasteiger partial charge in [-0.3, -0.25) is 4.79 Å². The van der Waals surface area contributed by atoms with Crippen LogP contribution in [0.15, 0.2) is 6.33 Å². The zero-order chi connectivity index (χ0) is 9.14. The Morgan fingerprint density at radius 1 is 1.42 bits per heavy atom. The fourth-order valence-corrected chi connectivity index (χ4v) is 1.45. The van der Waals surface area contributed by atoms with Crippen molar-refractivity contribution in [3.05, 3.63) is 22.2 Å². The summed E-state index contributed by atoms with van der Waals surface area (Å²) in [6.07, 6.45) is 1.20. The van der Waals surface area contributed by atoms with Crippen molar-refractivity contribution in [1.29, 1.82) is 0 Å². The summed E-state index contributed by atoms with van der Waals surface area (Å²) in [6, 6.07) is 0. The first kappa shape index (κ1) is 9.89. The van der Waals surface area contributed by atoms with Crippen molar-refractivity contribution in [1.82, 2.24) is 9.97 Å². The van der Waals surface area contributed by atoms with Crippen molar-refractivity contribution < 1.29 is 4.79 Å². The monoisotopic (exact) mass is 268 g/mol. The van der Waals surface area contributed by atoms with E-state index in [1.54, 1.807) is 0 Å². The second-order valence-corrected chi connectivity index (χ2v) is 3.16. The van der Waals surface area contributed by atoms with Gasteiger partial charge in [-0.2, -0.15) is 0 Å². The van der Waals surface area contributed by atoms with Gasteiger partial charge >= 0.3 is 0 Å². The Hall–Kier alpha value is -0.190. The van der Waals surface area contributed by atoms with Crippen molar-refractivity contribution in [2.45, 2.75) is 0 Å². The maximum Gasteiger partial charge on any atom is 0.179 e. The predicted molar refractivity (Wildman–Crippen MR) is 50.2 cm³/mol. The van der Waals surface area contributed by atoms with E-state index in [9.17, 15) is 4.79 Å². The van der Waals surface area contributed by atoms with E-state index in [-0.39, 0.29) is 27.0 Å². The molecule has 0 spiro atoms. The minimum absolute atomic E-state index is 0.0828. The molecule has 1 aromatic heterocycles. The molecule has 0 saturated heterocycles. The molecule has 0 saturated carbocycles. The smallest absolute Gasteiger partial charge is 0.179 e. The van der Waals surface area contributed by atoms with E-state index in [4.69, 9.17) is 23.2 Å². The molecule has 0 aromatic carbocycles. The highest BCUT2D eigenvalue weighted by atomic mass is 79.9. The Morgan fingerprint density at radius 2 is 1.92 bits per heavy atom. The van der Waals surface area contributed by atoms with Gasteiger partial charge in [0.1, 0.15) is 16.6 Å². The Bertz CT molecular complexity index is 298. The molecule has 0 radical (unpaired) electrons. The number of carbonyl (C=O) groups excluding carboxylic acids is 1. The van der Waals surface area contributed by atoms with E-state index in [2.05, 4.69) is 25.9 Å². The van der Waals surface area contributed by atoms with Gasteiger partial charge in [-0.05, 0) is 0 Å². The minimum Gasteiger partial charge on any atom is -0.293 e. The van der Waals surface area contributed by atoms with Crippen molar-refractivity contribution in [2.75, 3.05) is 5.33 Å². The van der Waals surface area contributed by atoms with Crippen LogP contribution in [0, 0.1) is 0 Å². The number of hydrogen-bond acceptors (Lipinski definition) is 3. The predicted octanol–water partition coefficient (Wildman–Crippen LogP) is 2.36. The Morgan fingerprint density at radius 3 is 2.33 bits per heavy atom. The van der Waals surface area contributed by atoms with E-state index < -0.39 is 0 Å². The standard InChI is InChI=1S/C6H3BrCl2N2O/c7-1-3(12)4-5(8)10-2-11-6(4)9/h2H,1H2. The summed E-state index contributed by atoms with van der Waals surface area (Å²) in [7, 11) is 0. The molecule has 1 rings (SSSR count). The highest BCUT2D eigenvalue weighted by Gasteiger charge is 2.14. The number of ketones is 1. The average molecular weight is 270 g/mol. The quantitative estimate of drug-likeness (QED) is 0.470. The second kappa shape index (κ2) is 4.16. The van der Waals surface area contributed by atoms with E-state index in [1.807, 2.05) is 0 Å². The van der Waals surface area contributed by atoms with Crippen LogP contribution in [0.25, 0.3) is 0 Å². The fraction of sp³-hybridized carbons (Fsp3) is 0.167. The summed E-state index contributed by atoms with van der Waals surface area (Å²) in [4.78, 5) is 18.4. The molecule has 0 aliphatic heterocycles. The van der Waals surface area contributed by atoms with Gasteiger partial charge in [0.25, 0.3) is 0 Å². The first-order chi connectivity index (χ1) is 5.66. The lowest BCUT2D eigenvalue weighted by molar-refractivity contribution is 0.102. The third kappa shape index (κ3) is 1.94. The van der Waals surface area contributed by atoms with Gasteiger partial charge in [0.15, 0.2) is 5.78 Å². The van der Waals surface area contributed by atoms with Crippen LogP contribution >= 0.6 is 39.1 Å². The number of alkyl halides is 1. The molecule has 64 valence electrons. The van der Waals surface area contributed by atoms with Crippen molar-refractivity contribution in [3.63, 3.8) is 0 Å². The summed E-state index contributed by atoms with van der Waals surface area (Å²) < 4.78 is 0. The summed E-state index contributed by atoms with van der Waals surface area (Å²) in [5.74, 6) is -0.231. The summed E-state index contributed by atoms with van der Waals surface area (Å²) in [5.41, 5.74) is 0.165. The van der Waals surface area contributed by atoms with Crippen LogP contribution in [0.2, 0.25) is 10.3 Å². The number of hydrogen-bond donors (Lipinski definition) is 0. The molecule has 0 aliphatic rings. The Balaban J connectivity index is 3.21. The molecule has 0 amide bonds. The van der Waals surface area contributed by atoms with E-state index >= 15 is 0 Å². The third-order valence-corrected chi connectivity index (χ3v) is 2.24. The topological polar surface area (TPSA) is 42.9 Å². The third-order valence-electron chi connectivity index (χ3n) is 1.15. The SMILES string of the molecule is O=C(CBr)c1c(Cl)ncnc1Cl. The Kier molecular flexibility index (Phi) is 3.43. The number of halogens is 3. The summed E-state index contributed by atoms with van der Waals surface area (Å²) >= 11 is 14.2. The van der Waals surface area contributed by atoms with Crippen LogP contribution in [0.4, 0.5) is 0 Å². The van der Waals surface area contributed by atoms with Gasteiger partial charge in [0.2, 0.25) is 0 Å². The summed E-state index contributed by atoms with van der Waals surface area (Å²) in [5, 5.41) is 0.318. The van der Waals surface area contributed by atoms with Crippen LogP contribution in [0.1, 0.15) is 10.4 Å². The number of aromatic nitrogens is 2.